The van der Waals surface area contributed by atoms with Gasteiger partial charge in [-0.3, -0.25) is 0 Å². The molecule has 1 rings (SSSR count). The largest absolute Gasteiger partial charge is 0.356 e. The Balaban J connectivity index is 0.00000106. The highest BCUT2D eigenvalue weighted by molar-refractivity contribution is 7.78. The summed E-state index contributed by atoms with van der Waals surface area (Å²) in [6, 6.07) is 5.00. The van der Waals surface area contributed by atoms with E-state index in [9.17, 15) is 4.39 Å². The number of halogens is 1. The van der Waals surface area contributed by atoms with Crippen LogP contribution in [0.5, 0.6) is 0 Å². The molecule has 1 aromatic rings. The van der Waals surface area contributed by atoms with Gasteiger partial charge >= 0.3 is 0 Å². The highest BCUT2D eigenvalue weighted by Gasteiger charge is 1.97. The molecular formula is C13H18FNS. The fourth-order valence-electron chi connectivity index (χ4n) is 1.34. The summed E-state index contributed by atoms with van der Waals surface area (Å²) in [7, 11) is 0. The monoisotopic (exact) mass is 239 g/mol. The summed E-state index contributed by atoms with van der Waals surface area (Å²) in [6.45, 7) is 7.68. The molecule has 3 heteroatoms. The van der Waals surface area contributed by atoms with E-state index in [1.165, 1.54) is 11.6 Å². The fraction of sp³-hybridized carbons (Fsp3) is 0.308. The molecule has 0 saturated carbocycles. The lowest BCUT2D eigenvalue weighted by molar-refractivity contribution is 0.616. The molecule has 0 spiro atoms. The van der Waals surface area contributed by atoms with Crippen LogP contribution in [0, 0.1) is 5.82 Å². The Hall–Kier alpha value is -1.22. The summed E-state index contributed by atoms with van der Waals surface area (Å²) in [5.41, 5.74) is 2.10. The van der Waals surface area contributed by atoms with Gasteiger partial charge in [0.25, 0.3) is 0 Å². The molecule has 1 N–H and O–H groups in total. The molecule has 0 aliphatic heterocycles. The van der Waals surface area contributed by atoms with E-state index in [1.807, 2.05) is 32.9 Å². The lowest BCUT2D eigenvalue weighted by Gasteiger charge is -2.00. The summed E-state index contributed by atoms with van der Waals surface area (Å²) < 4.78 is 13.5. The molecule has 0 unspecified atom stereocenters. The standard InChI is InChI=1S/C11H12FNS.C2H6/c1-3-9-5-4-6-10(12)11(9)8(2)13-7-14;1-2/h3-7H,1-2H3,(H,13,14);1-2H3/b9-3-,11-8+;. The topological polar surface area (TPSA) is 12.0 Å². The molecule has 0 atom stereocenters. The summed E-state index contributed by atoms with van der Waals surface area (Å²) >= 11 is 4.66. The first-order valence-corrected chi connectivity index (χ1v) is 5.79. The summed E-state index contributed by atoms with van der Waals surface area (Å²) in [5, 5.41) is 4.27. The van der Waals surface area contributed by atoms with E-state index in [1.54, 1.807) is 13.0 Å². The van der Waals surface area contributed by atoms with Crippen LogP contribution < -0.4 is 15.8 Å². The van der Waals surface area contributed by atoms with Crippen molar-refractivity contribution in [3.63, 3.8) is 0 Å². The van der Waals surface area contributed by atoms with Gasteiger partial charge in [-0.1, -0.05) is 44.3 Å². The van der Waals surface area contributed by atoms with Gasteiger partial charge in [0.05, 0.1) is 5.49 Å². The van der Waals surface area contributed by atoms with Crippen LogP contribution >= 0.6 is 12.2 Å². The van der Waals surface area contributed by atoms with Crippen molar-refractivity contribution in [3.8, 4) is 0 Å². The first-order chi connectivity index (χ1) is 7.70. The van der Waals surface area contributed by atoms with Gasteiger partial charge in [0.2, 0.25) is 0 Å². The second-order valence-electron chi connectivity index (χ2n) is 2.88. The Morgan fingerprint density at radius 1 is 1.38 bits per heavy atom. The third-order valence-electron chi connectivity index (χ3n) is 2.01. The molecule has 0 aliphatic rings. The number of benzene rings is 1. The van der Waals surface area contributed by atoms with Gasteiger partial charge in [0, 0.05) is 10.9 Å². The average molecular weight is 239 g/mol. The van der Waals surface area contributed by atoms with Crippen molar-refractivity contribution >= 4 is 29.5 Å². The molecule has 0 aliphatic carbocycles. The molecule has 0 aromatic heterocycles. The van der Waals surface area contributed by atoms with Crippen LogP contribution in [0.2, 0.25) is 0 Å². The van der Waals surface area contributed by atoms with Crippen molar-refractivity contribution in [3.05, 3.63) is 34.5 Å². The van der Waals surface area contributed by atoms with Crippen molar-refractivity contribution in [2.45, 2.75) is 27.7 Å². The molecule has 0 bridgehead atoms. The van der Waals surface area contributed by atoms with Gasteiger partial charge in [0.1, 0.15) is 5.82 Å². The van der Waals surface area contributed by atoms with Gasteiger partial charge in [-0.2, -0.15) is 0 Å². The Bertz CT molecular complexity index is 451. The maximum atomic E-state index is 13.5. The van der Waals surface area contributed by atoms with E-state index in [0.29, 0.717) is 5.22 Å². The second-order valence-corrected chi connectivity index (χ2v) is 3.12. The molecule has 0 fully saturated rings. The van der Waals surface area contributed by atoms with Crippen molar-refractivity contribution in [2.24, 2.45) is 0 Å². The van der Waals surface area contributed by atoms with Gasteiger partial charge in [-0.25, -0.2) is 4.39 Å². The van der Waals surface area contributed by atoms with E-state index >= 15 is 0 Å². The SMILES string of the molecule is C/C=c1/cccc(F)/c1=C(\C)NC=S.CC. The Kier molecular flexibility index (Phi) is 7.38. The number of nitrogens with one attached hydrogen (secondary N) is 1. The van der Waals surface area contributed by atoms with Gasteiger partial charge in [0.15, 0.2) is 0 Å². The predicted molar refractivity (Wildman–Crippen MR) is 73.0 cm³/mol. The second kappa shape index (κ2) is 7.99. The Labute approximate surface area is 102 Å². The van der Waals surface area contributed by atoms with Crippen LogP contribution in [0.3, 0.4) is 0 Å². The molecule has 0 saturated heterocycles. The molecule has 16 heavy (non-hydrogen) atoms. The van der Waals surface area contributed by atoms with Crippen molar-refractivity contribution in [1.82, 2.24) is 5.32 Å². The molecular weight excluding hydrogens is 221 g/mol. The zero-order chi connectivity index (χ0) is 12.6. The van der Waals surface area contributed by atoms with E-state index in [4.69, 9.17) is 0 Å². The summed E-state index contributed by atoms with van der Waals surface area (Å²) in [5.74, 6) is -0.234. The average Bonchev–Trinajstić information content (AvgIpc) is 2.31. The van der Waals surface area contributed by atoms with Crippen LogP contribution in [-0.2, 0) is 0 Å². The number of hydrogen-bond donors (Lipinski definition) is 1. The molecule has 0 amide bonds. The van der Waals surface area contributed by atoms with Crippen LogP contribution in [0.4, 0.5) is 4.39 Å². The fourth-order valence-corrected chi connectivity index (χ4v) is 1.51. The Morgan fingerprint density at radius 3 is 2.50 bits per heavy atom. The minimum absolute atomic E-state index is 0.234. The van der Waals surface area contributed by atoms with Crippen molar-refractivity contribution in [2.75, 3.05) is 0 Å². The smallest absolute Gasteiger partial charge is 0.132 e. The zero-order valence-electron chi connectivity index (χ0n) is 10.2. The molecule has 0 heterocycles. The van der Waals surface area contributed by atoms with Crippen LogP contribution in [0.25, 0.3) is 11.8 Å². The van der Waals surface area contributed by atoms with E-state index in [-0.39, 0.29) is 5.82 Å². The minimum Gasteiger partial charge on any atom is -0.356 e. The molecule has 0 radical (unpaired) electrons. The quantitative estimate of drug-likeness (QED) is 0.795. The van der Waals surface area contributed by atoms with E-state index in [2.05, 4.69) is 17.5 Å². The van der Waals surface area contributed by atoms with E-state index < -0.39 is 0 Å². The van der Waals surface area contributed by atoms with Gasteiger partial charge in [-0.15, -0.1) is 0 Å². The molecule has 88 valence electrons. The maximum Gasteiger partial charge on any atom is 0.132 e. The third kappa shape index (κ3) is 3.74. The van der Waals surface area contributed by atoms with Crippen LogP contribution in [0.1, 0.15) is 27.7 Å². The summed E-state index contributed by atoms with van der Waals surface area (Å²) in [6.07, 6.45) is 1.87. The zero-order valence-corrected chi connectivity index (χ0v) is 11.0. The van der Waals surface area contributed by atoms with Crippen LogP contribution in [0.15, 0.2) is 18.2 Å². The van der Waals surface area contributed by atoms with Gasteiger partial charge in [-0.05, 0) is 25.1 Å². The van der Waals surface area contributed by atoms with Crippen molar-refractivity contribution < 1.29 is 4.39 Å². The molecule has 1 aromatic carbocycles. The maximum absolute atomic E-state index is 13.5. The normalized spacial score (nSPS) is 12.4. The first kappa shape index (κ1) is 14.8. The first-order valence-electron chi connectivity index (χ1n) is 5.32. The minimum atomic E-state index is -0.234. The predicted octanol–water partition coefficient (Wildman–Crippen LogP) is 2.33. The van der Waals surface area contributed by atoms with Crippen molar-refractivity contribution in [1.29, 1.82) is 0 Å². The lowest BCUT2D eigenvalue weighted by atomic mass is 10.2. The highest BCUT2D eigenvalue weighted by atomic mass is 32.1. The third-order valence-corrected chi connectivity index (χ3v) is 2.13. The Morgan fingerprint density at radius 2 is 2.00 bits per heavy atom. The van der Waals surface area contributed by atoms with Crippen LogP contribution in [-0.4, -0.2) is 5.49 Å². The molecule has 1 nitrogen and oxygen atoms in total. The number of rotatable bonds is 2. The highest BCUT2D eigenvalue weighted by Crippen LogP contribution is 1.88. The number of thiocarbonyl (C=S) groups is 1. The summed E-state index contributed by atoms with van der Waals surface area (Å²) in [4.78, 5) is 0. The number of hydrogen-bond acceptors (Lipinski definition) is 1. The van der Waals surface area contributed by atoms with E-state index in [0.717, 1.165) is 10.9 Å². The van der Waals surface area contributed by atoms with Gasteiger partial charge < -0.3 is 5.32 Å². The lowest BCUT2D eigenvalue weighted by Crippen LogP contribution is -2.33.